The highest BCUT2D eigenvalue weighted by molar-refractivity contribution is 5.94. The first-order chi connectivity index (χ1) is 10.4. The summed E-state index contributed by atoms with van der Waals surface area (Å²) in [5, 5.41) is 19.1. The van der Waals surface area contributed by atoms with Crippen LogP contribution in [-0.2, 0) is 11.2 Å². The van der Waals surface area contributed by atoms with Gasteiger partial charge in [0.05, 0.1) is 31.5 Å². The molecule has 1 aromatic carbocycles. The minimum Gasteiger partial charge on any atom is -0.394 e. The van der Waals surface area contributed by atoms with Crippen molar-refractivity contribution in [3.8, 4) is 0 Å². The Labute approximate surface area is 131 Å². The minimum atomic E-state index is -0.684. The van der Waals surface area contributed by atoms with Crippen LogP contribution in [0.2, 0.25) is 0 Å². The largest absolute Gasteiger partial charge is 0.394 e. The number of aryl methyl sites for hydroxylation is 1. The average molecular weight is 307 g/mol. The SMILES string of the molecule is CC(C)(O)CCc1ccc(C(=O)N2CCOCC2CO)cc1. The zero-order chi connectivity index (χ0) is 16.2. The summed E-state index contributed by atoms with van der Waals surface area (Å²) < 4.78 is 5.29. The first-order valence-electron chi connectivity index (χ1n) is 7.71. The molecule has 5 heteroatoms. The van der Waals surface area contributed by atoms with Gasteiger partial charge in [0.25, 0.3) is 5.91 Å². The van der Waals surface area contributed by atoms with Crippen molar-refractivity contribution in [1.82, 2.24) is 4.90 Å². The molecule has 1 heterocycles. The summed E-state index contributed by atoms with van der Waals surface area (Å²) in [6.07, 6.45) is 1.45. The molecule has 0 bridgehead atoms. The number of carbonyl (C=O) groups is 1. The molecule has 1 aromatic rings. The van der Waals surface area contributed by atoms with Crippen molar-refractivity contribution in [2.45, 2.75) is 38.3 Å². The summed E-state index contributed by atoms with van der Waals surface area (Å²) in [6.45, 7) is 4.88. The monoisotopic (exact) mass is 307 g/mol. The summed E-state index contributed by atoms with van der Waals surface area (Å²) in [5.74, 6) is -0.0728. The Morgan fingerprint density at radius 3 is 2.64 bits per heavy atom. The highest BCUT2D eigenvalue weighted by Crippen LogP contribution is 2.16. The van der Waals surface area contributed by atoms with E-state index in [0.717, 1.165) is 12.0 Å². The summed E-state index contributed by atoms with van der Waals surface area (Å²) in [5.41, 5.74) is 1.03. The van der Waals surface area contributed by atoms with Crippen LogP contribution >= 0.6 is 0 Å². The average Bonchev–Trinajstić information content (AvgIpc) is 2.52. The standard InChI is InChI=1S/C17H25NO4/c1-17(2,21)8-7-13-3-5-14(6-4-13)16(20)18-9-10-22-12-15(18)11-19/h3-6,15,19,21H,7-12H2,1-2H3. The number of hydrogen-bond donors (Lipinski definition) is 2. The van der Waals surface area contributed by atoms with Crippen LogP contribution in [0.4, 0.5) is 0 Å². The Kier molecular flexibility index (Phi) is 5.56. The molecule has 1 saturated heterocycles. The van der Waals surface area contributed by atoms with E-state index in [4.69, 9.17) is 4.74 Å². The number of rotatable bonds is 5. The van der Waals surface area contributed by atoms with Crippen LogP contribution in [0, 0.1) is 0 Å². The topological polar surface area (TPSA) is 70.0 Å². The quantitative estimate of drug-likeness (QED) is 0.858. The van der Waals surface area contributed by atoms with Crippen LogP contribution in [0.1, 0.15) is 36.2 Å². The summed E-state index contributed by atoms with van der Waals surface area (Å²) in [4.78, 5) is 14.2. The fraction of sp³-hybridized carbons (Fsp3) is 0.588. The van der Waals surface area contributed by atoms with Gasteiger partial charge in [-0.3, -0.25) is 4.79 Å². The fourth-order valence-electron chi connectivity index (χ4n) is 2.50. The zero-order valence-corrected chi connectivity index (χ0v) is 13.3. The van der Waals surface area contributed by atoms with Gasteiger partial charge in [-0.1, -0.05) is 12.1 Å². The van der Waals surface area contributed by atoms with Crippen molar-refractivity contribution in [3.05, 3.63) is 35.4 Å². The number of aliphatic hydroxyl groups is 2. The second kappa shape index (κ2) is 7.22. The Morgan fingerprint density at radius 2 is 2.05 bits per heavy atom. The summed E-state index contributed by atoms with van der Waals surface area (Å²) in [6, 6.07) is 7.20. The lowest BCUT2D eigenvalue weighted by Gasteiger charge is -2.34. The Balaban J connectivity index is 2.01. The number of morpholine rings is 1. The number of nitrogens with zero attached hydrogens (tertiary/aromatic N) is 1. The third-order valence-electron chi connectivity index (χ3n) is 3.93. The molecule has 1 aliphatic rings. The van der Waals surface area contributed by atoms with E-state index in [9.17, 15) is 15.0 Å². The number of ether oxygens (including phenoxy) is 1. The van der Waals surface area contributed by atoms with Crippen LogP contribution in [0.15, 0.2) is 24.3 Å². The molecule has 5 nitrogen and oxygen atoms in total. The Morgan fingerprint density at radius 1 is 1.36 bits per heavy atom. The molecule has 1 unspecified atom stereocenters. The summed E-state index contributed by atoms with van der Waals surface area (Å²) >= 11 is 0. The van der Waals surface area contributed by atoms with Gasteiger partial charge in [-0.15, -0.1) is 0 Å². The van der Waals surface area contributed by atoms with Gasteiger partial charge < -0.3 is 19.8 Å². The fourth-order valence-corrected chi connectivity index (χ4v) is 2.50. The second-order valence-corrected chi connectivity index (χ2v) is 6.42. The van der Waals surface area contributed by atoms with Gasteiger partial charge in [-0.25, -0.2) is 0 Å². The first-order valence-corrected chi connectivity index (χ1v) is 7.71. The number of aliphatic hydroxyl groups excluding tert-OH is 1. The number of benzene rings is 1. The van der Waals surface area contributed by atoms with Crippen molar-refractivity contribution in [3.63, 3.8) is 0 Å². The number of carbonyl (C=O) groups excluding carboxylic acids is 1. The highest BCUT2D eigenvalue weighted by atomic mass is 16.5. The van der Waals surface area contributed by atoms with E-state index >= 15 is 0 Å². The van der Waals surface area contributed by atoms with Gasteiger partial charge in [-0.05, 0) is 44.4 Å². The molecule has 2 rings (SSSR count). The molecular weight excluding hydrogens is 282 g/mol. The van der Waals surface area contributed by atoms with E-state index in [-0.39, 0.29) is 18.6 Å². The molecular formula is C17H25NO4. The van der Waals surface area contributed by atoms with Crippen LogP contribution in [0.25, 0.3) is 0 Å². The number of amides is 1. The normalized spacial score (nSPS) is 19.3. The summed E-state index contributed by atoms with van der Waals surface area (Å²) in [7, 11) is 0. The molecule has 1 atom stereocenters. The smallest absolute Gasteiger partial charge is 0.254 e. The molecule has 1 fully saturated rings. The van der Waals surface area contributed by atoms with Gasteiger partial charge in [0, 0.05) is 12.1 Å². The maximum atomic E-state index is 12.5. The van der Waals surface area contributed by atoms with Crippen molar-refractivity contribution in [2.75, 3.05) is 26.4 Å². The Hall–Kier alpha value is -1.43. The highest BCUT2D eigenvalue weighted by Gasteiger charge is 2.27. The van der Waals surface area contributed by atoms with E-state index in [1.54, 1.807) is 18.7 Å². The van der Waals surface area contributed by atoms with Crippen LogP contribution in [-0.4, -0.2) is 59.0 Å². The predicted molar refractivity (Wildman–Crippen MR) is 83.8 cm³/mol. The zero-order valence-electron chi connectivity index (χ0n) is 13.3. The van der Waals surface area contributed by atoms with E-state index in [1.807, 2.05) is 24.3 Å². The Bertz CT molecular complexity index is 492. The first kappa shape index (κ1) is 16.9. The second-order valence-electron chi connectivity index (χ2n) is 6.42. The molecule has 0 aromatic heterocycles. The molecule has 2 N–H and O–H groups in total. The van der Waals surface area contributed by atoms with Crippen molar-refractivity contribution in [1.29, 1.82) is 0 Å². The van der Waals surface area contributed by atoms with E-state index in [0.29, 0.717) is 31.7 Å². The molecule has 122 valence electrons. The van der Waals surface area contributed by atoms with E-state index in [2.05, 4.69) is 0 Å². The molecule has 1 amide bonds. The third kappa shape index (κ3) is 4.53. The minimum absolute atomic E-state index is 0.0728. The van der Waals surface area contributed by atoms with Gasteiger partial charge in [0.15, 0.2) is 0 Å². The maximum Gasteiger partial charge on any atom is 0.254 e. The van der Waals surface area contributed by atoms with Crippen LogP contribution < -0.4 is 0 Å². The molecule has 1 aliphatic heterocycles. The van der Waals surface area contributed by atoms with Crippen LogP contribution in [0.5, 0.6) is 0 Å². The van der Waals surface area contributed by atoms with Gasteiger partial charge >= 0.3 is 0 Å². The van der Waals surface area contributed by atoms with Gasteiger partial charge in [-0.2, -0.15) is 0 Å². The lowest BCUT2D eigenvalue weighted by molar-refractivity contribution is -0.0183. The molecule has 0 spiro atoms. The maximum absolute atomic E-state index is 12.5. The molecule has 0 saturated carbocycles. The van der Waals surface area contributed by atoms with Crippen molar-refractivity contribution < 1.29 is 19.7 Å². The molecule has 22 heavy (non-hydrogen) atoms. The lowest BCUT2D eigenvalue weighted by Crippen LogP contribution is -2.50. The van der Waals surface area contributed by atoms with Crippen molar-refractivity contribution in [2.24, 2.45) is 0 Å². The molecule has 0 aliphatic carbocycles. The van der Waals surface area contributed by atoms with E-state index < -0.39 is 5.60 Å². The van der Waals surface area contributed by atoms with Crippen LogP contribution in [0.3, 0.4) is 0 Å². The van der Waals surface area contributed by atoms with Crippen molar-refractivity contribution >= 4 is 5.91 Å². The third-order valence-corrected chi connectivity index (χ3v) is 3.93. The van der Waals surface area contributed by atoms with E-state index in [1.165, 1.54) is 0 Å². The van der Waals surface area contributed by atoms with Gasteiger partial charge in [0.1, 0.15) is 0 Å². The van der Waals surface area contributed by atoms with Gasteiger partial charge in [0.2, 0.25) is 0 Å². The lowest BCUT2D eigenvalue weighted by atomic mass is 9.98. The molecule has 0 radical (unpaired) electrons. The number of hydrogen-bond acceptors (Lipinski definition) is 4. The predicted octanol–water partition coefficient (Wildman–Crippen LogP) is 1.22.